The summed E-state index contributed by atoms with van der Waals surface area (Å²) in [7, 11) is 4.22. The topological polar surface area (TPSA) is 44.8 Å². The van der Waals surface area contributed by atoms with E-state index < -0.39 is 11.6 Å². The van der Waals surface area contributed by atoms with Crippen molar-refractivity contribution >= 4 is 5.78 Å². The van der Waals surface area contributed by atoms with Crippen molar-refractivity contribution in [3.05, 3.63) is 53.3 Å². The third-order valence-electron chi connectivity index (χ3n) is 3.08. The first-order chi connectivity index (χ1) is 10.1. The predicted octanol–water partition coefficient (Wildman–Crippen LogP) is 3.08. The van der Waals surface area contributed by atoms with Crippen LogP contribution in [-0.2, 0) is 0 Å². The molecule has 0 spiro atoms. The second-order valence-electron chi connectivity index (χ2n) is 4.19. The van der Waals surface area contributed by atoms with Crippen LogP contribution in [0.2, 0.25) is 0 Å². The van der Waals surface area contributed by atoms with Crippen molar-refractivity contribution in [1.29, 1.82) is 0 Å². The molecule has 0 amide bonds. The van der Waals surface area contributed by atoms with Crippen LogP contribution in [0.15, 0.2) is 36.4 Å². The Morgan fingerprint density at radius 2 is 1.33 bits per heavy atom. The molecule has 0 aliphatic rings. The number of halogens is 1. The minimum atomic E-state index is -0.710. The van der Waals surface area contributed by atoms with Crippen LogP contribution < -0.4 is 14.2 Å². The van der Waals surface area contributed by atoms with Crippen molar-refractivity contribution in [2.75, 3.05) is 21.3 Å². The molecule has 5 heteroatoms. The van der Waals surface area contributed by atoms with E-state index in [0.29, 0.717) is 11.5 Å². The van der Waals surface area contributed by atoms with Gasteiger partial charge in [-0.3, -0.25) is 4.79 Å². The number of carbonyl (C=O) groups is 1. The van der Waals surface area contributed by atoms with Crippen molar-refractivity contribution in [2.45, 2.75) is 0 Å². The summed E-state index contributed by atoms with van der Waals surface area (Å²) in [6.45, 7) is 0. The van der Waals surface area contributed by atoms with Gasteiger partial charge in [0, 0.05) is 0 Å². The molecule has 0 fully saturated rings. The number of methoxy groups -OCH3 is 3. The van der Waals surface area contributed by atoms with Gasteiger partial charge >= 0.3 is 0 Å². The Morgan fingerprint density at radius 1 is 0.857 bits per heavy atom. The van der Waals surface area contributed by atoms with Crippen LogP contribution >= 0.6 is 0 Å². The zero-order valence-electron chi connectivity index (χ0n) is 12.0. The summed E-state index contributed by atoms with van der Waals surface area (Å²) in [5, 5.41) is 0. The van der Waals surface area contributed by atoms with Gasteiger partial charge in [-0.2, -0.15) is 0 Å². The van der Waals surface area contributed by atoms with Gasteiger partial charge in [0.2, 0.25) is 5.78 Å². The highest BCUT2D eigenvalue weighted by molar-refractivity contribution is 6.12. The molecule has 2 aromatic rings. The molecule has 0 N–H and O–H groups in total. The Kier molecular flexibility index (Phi) is 4.42. The van der Waals surface area contributed by atoms with E-state index in [1.165, 1.54) is 33.5 Å². The van der Waals surface area contributed by atoms with E-state index in [9.17, 15) is 9.18 Å². The summed E-state index contributed by atoms with van der Waals surface area (Å²) in [6, 6.07) is 9.33. The maximum atomic E-state index is 14.3. The first-order valence-corrected chi connectivity index (χ1v) is 6.22. The molecule has 0 unspecified atom stereocenters. The fourth-order valence-electron chi connectivity index (χ4n) is 2.05. The van der Waals surface area contributed by atoms with E-state index in [-0.39, 0.29) is 16.9 Å². The van der Waals surface area contributed by atoms with Crippen molar-refractivity contribution in [3.8, 4) is 17.2 Å². The van der Waals surface area contributed by atoms with Gasteiger partial charge in [-0.05, 0) is 24.3 Å². The molecule has 0 heterocycles. The number of carbonyl (C=O) groups excluding carboxylic acids is 1. The van der Waals surface area contributed by atoms with E-state index in [2.05, 4.69) is 0 Å². The van der Waals surface area contributed by atoms with Crippen LogP contribution in [0.3, 0.4) is 0 Å². The number of ether oxygens (including phenoxy) is 3. The first kappa shape index (κ1) is 14.8. The molecule has 0 radical (unpaired) electrons. The molecular weight excluding hydrogens is 275 g/mol. The number of ketones is 1. The summed E-state index contributed by atoms with van der Waals surface area (Å²) < 4.78 is 29.5. The standard InChI is InChI=1S/C16H15FO4/c1-19-11-7-5-8-12(20-2)14(11)16(18)10-6-4-9-13(21-3)15(10)17/h4-9H,1-3H3. The maximum Gasteiger partial charge on any atom is 0.203 e. The van der Waals surface area contributed by atoms with Crippen LogP contribution in [0.5, 0.6) is 17.2 Å². The summed E-state index contributed by atoms with van der Waals surface area (Å²) in [6.07, 6.45) is 0. The van der Waals surface area contributed by atoms with Gasteiger partial charge in [-0.15, -0.1) is 0 Å². The second kappa shape index (κ2) is 6.26. The summed E-state index contributed by atoms with van der Waals surface area (Å²) >= 11 is 0. The van der Waals surface area contributed by atoms with Crippen molar-refractivity contribution in [3.63, 3.8) is 0 Å². The number of rotatable bonds is 5. The number of hydrogen-bond acceptors (Lipinski definition) is 4. The lowest BCUT2D eigenvalue weighted by Crippen LogP contribution is -2.09. The molecular formula is C16H15FO4. The fourth-order valence-corrected chi connectivity index (χ4v) is 2.05. The molecule has 0 bridgehead atoms. The lowest BCUT2D eigenvalue weighted by molar-refractivity contribution is 0.102. The van der Waals surface area contributed by atoms with Gasteiger partial charge in [0.15, 0.2) is 11.6 Å². The quantitative estimate of drug-likeness (QED) is 0.794. The first-order valence-electron chi connectivity index (χ1n) is 6.22. The fraction of sp³-hybridized carbons (Fsp3) is 0.188. The Morgan fingerprint density at radius 3 is 1.86 bits per heavy atom. The highest BCUT2D eigenvalue weighted by Gasteiger charge is 2.23. The molecule has 110 valence electrons. The normalized spacial score (nSPS) is 10.1. The van der Waals surface area contributed by atoms with E-state index in [1.54, 1.807) is 24.3 Å². The minimum Gasteiger partial charge on any atom is -0.496 e. The third kappa shape index (κ3) is 2.67. The highest BCUT2D eigenvalue weighted by atomic mass is 19.1. The SMILES string of the molecule is COc1cccc(C(=O)c2c(OC)cccc2OC)c1F. The van der Waals surface area contributed by atoms with Crippen LogP contribution in [-0.4, -0.2) is 27.1 Å². The highest BCUT2D eigenvalue weighted by Crippen LogP contribution is 2.32. The third-order valence-corrected chi connectivity index (χ3v) is 3.08. The van der Waals surface area contributed by atoms with Crippen LogP contribution in [0.1, 0.15) is 15.9 Å². The summed E-state index contributed by atoms with van der Waals surface area (Å²) in [5.74, 6) is -0.587. The van der Waals surface area contributed by atoms with Gasteiger partial charge in [0.05, 0.1) is 26.9 Å². The van der Waals surface area contributed by atoms with Crippen molar-refractivity contribution < 1.29 is 23.4 Å². The van der Waals surface area contributed by atoms with Gasteiger partial charge < -0.3 is 14.2 Å². The van der Waals surface area contributed by atoms with Gasteiger partial charge in [0.1, 0.15) is 17.1 Å². The summed E-state index contributed by atoms with van der Waals surface area (Å²) in [4.78, 5) is 12.6. The van der Waals surface area contributed by atoms with Crippen molar-refractivity contribution in [2.24, 2.45) is 0 Å². The second-order valence-corrected chi connectivity index (χ2v) is 4.19. The zero-order chi connectivity index (χ0) is 15.4. The number of benzene rings is 2. The van der Waals surface area contributed by atoms with Crippen molar-refractivity contribution in [1.82, 2.24) is 0 Å². The molecule has 2 rings (SSSR count). The Bertz CT molecular complexity index is 645. The van der Waals surface area contributed by atoms with Crippen LogP contribution in [0, 0.1) is 5.82 Å². The van der Waals surface area contributed by atoms with Gasteiger partial charge in [-0.25, -0.2) is 4.39 Å². The average Bonchev–Trinajstić information content (AvgIpc) is 2.53. The van der Waals surface area contributed by atoms with E-state index >= 15 is 0 Å². The predicted molar refractivity (Wildman–Crippen MR) is 75.9 cm³/mol. The molecule has 0 aliphatic carbocycles. The zero-order valence-corrected chi connectivity index (χ0v) is 12.0. The minimum absolute atomic E-state index is 0.00900. The smallest absolute Gasteiger partial charge is 0.203 e. The van der Waals surface area contributed by atoms with E-state index in [1.807, 2.05) is 0 Å². The molecule has 4 nitrogen and oxygen atoms in total. The molecule has 0 aromatic heterocycles. The molecule has 0 aliphatic heterocycles. The van der Waals surface area contributed by atoms with Gasteiger partial charge in [0.25, 0.3) is 0 Å². The molecule has 2 aromatic carbocycles. The Labute approximate surface area is 122 Å². The molecule has 21 heavy (non-hydrogen) atoms. The van der Waals surface area contributed by atoms with E-state index in [0.717, 1.165) is 0 Å². The monoisotopic (exact) mass is 290 g/mol. The van der Waals surface area contributed by atoms with Crippen LogP contribution in [0.4, 0.5) is 4.39 Å². The lowest BCUT2D eigenvalue weighted by Gasteiger charge is -2.13. The lowest BCUT2D eigenvalue weighted by atomic mass is 10.0. The Balaban J connectivity index is 2.60. The molecule has 0 saturated carbocycles. The van der Waals surface area contributed by atoms with Crippen LogP contribution in [0.25, 0.3) is 0 Å². The number of hydrogen-bond donors (Lipinski definition) is 0. The molecule has 0 saturated heterocycles. The maximum absolute atomic E-state index is 14.3. The summed E-state index contributed by atoms with van der Waals surface area (Å²) in [5.41, 5.74) is 0.0757. The Hall–Kier alpha value is -2.56. The largest absolute Gasteiger partial charge is 0.496 e. The van der Waals surface area contributed by atoms with Gasteiger partial charge in [-0.1, -0.05) is 12.1 Å². The van der Waals surface area contributed by atoms with E-state index in [4.69, 9.17) is 14.2 Å². The average molecular weight is 290 g/mol. The molecule has 0 atom stereocenters.